The Kier molecular flexibility index (Phi) is 7.76. The summed E-state index contributed by atoms with van der Waals surface area (Å²) < 4.78 is 1.91. The molecule has 0 aliphatic rings. The van der Waals surface area contributed by atoms with Crippen LogP contribution in [0.5, 0.6) is 0 Å². The van der Waals surface area contributed by atoms with E-state index in [1.165, 1.54) is 16.6 Å². The Morgan fingerprint density at radius 1 is 1.03 bits per heavy atom. The van der Waals surface area contributed by atoms with Crippen LogP contribution in [0.25, 0.3) is 0 Å². The molecule has 0 unspecified atom stereocenters. The zero-order chi connectivity index (χ0) is 23.9. The number of amides is 2. The molecule has 0 bridgehead atoms. The van der Waals surface area contributed by atoms with Gasteiger partial charge in [-0.25, -0.2) is 0 Å². The standard InChI is InChI=1S/C25H25N5O2S2/c1-17(18-9-4-3-5-10-18)26-24(32)20-12-6-7-13-21(20)27-23(31)16-34-25-29-28-22(30(25)2)15-19-11-8-14-33-19/h3-14,17H,15-16H2,1-2H3,(H,26,32)(H,27,31)/t17-/m1/s1. The summed E-state index contributed by atoms with van der Waals surface area (Å²) in [5, 5.41) is 17.0. The first-order valence-corrected chi connectivity index (χ1v) is 12.7. The molecule has 4 aromatic rings. The zero-order valence-corrected chi connectivity index (χ0v) is 20.5. The maximum atomic E-state index is 12.9. The maximum absolute atomic E-state index is 12.9. The summed E-state index contributed by atoms with van der Waals surface area (Å²) in [4.78, 5) is 26.8. The van der Waals surface area contributed by atoms with E-state index < -0.39 is 0 Å². The van der Waals surface area contributed by atoms with Gasteiger partial charge in [-0.05, 0) is 36.1 Å². The molecule has 0 saturated heterocycles. The minimum Gasteiger partial charge on any atom is -0.345 e. The van der Waals surface area contributed by atoms with Crippen LogP contribution < -0.4 is 10.6 Å². The largest absolute Gasteiger partial charge is 0.345 e. The molecule has 2 aromatic heterocycles. The first-order valence-electron chi connectivity index (χ1n) is 10.8. The molecule has 7 nitrogen and oxygen atoms in total. The second-order valence-electron chi connectivity index (χ2n) is 7.70. The number of carbonyl (C=O) groups is 2. The maximum Gasteiger partial charge on any atom is 0.253 e. The molecule has 2 heterocycles. The molecular formula is C25H25N5O2S2. The first-order chi connectivity index (χ1) is 16.5. The third-order valence-electron chi connectivity index (χ3n) is 5.26. The van der Waals surface area contributed by atoms with Crippen LogP contribution in [0, 0.1) is 0 Å². The Labute approximate surface area is 206 Å². The van der Waals surface area contributed by atoms with Crippen molar-refractivity contribution in [3.8, 4) is 0 Å². The lowest BCUT2D eigenvalue weighted by Crippen LogP contribution is -2.28. The lowest BCUT2D eigenvalue weighted by Gasteiger charge is -2.16. The first kappa shape index (κ1) is 23.7. The predicted octanol–water partition coefficient (Wildman–Crippen LogP) is 4.69. The molecular weight excluding hydrogens is 466 g/mol. The van der Waals surface area contributed by atoms with Gasteiger partial charge in [0.05, 0.1) is 23.0 Å². The van der Waals surface area contributed by atoms with Crippen molar-refractivity contribution in [1.82, 2.24) is 20.1 Å². The minimum absolute atomic E-state index is 0.154. The molecule has 34 heavy (non-hydrogen) atoms. The highest BCUT2D eigenvalue weighted by atomic mass is 32.2. The summed E-state index contributed by atoms with van der Waals surface area (Å²) in [6.45, 7) is 1.93. The molecule has 2 N–H and O–H groups in total. The Hall–Kier alpha value is -3.43. The number of thiophene rings is 1. The van der Waals surface area contributed by atoms with Crippen molar-refractivity contribution >= 4 is 40.6 Å². The van der Waals surface area contributed by atoms with Crippen LogP contribution >= 0.6 is 23.1 Å². The van der Waals surface area contributed by atoms with Gasteiger partial charge in [-0.3, -0.25) is 9.59 Å². The average molecular weight is 492 g/mol. The number of aromatic nitrogens is 3. The van der Waals surface area contributed by atoms with E-state index in [4.69, 9.17) is 0 Å². The Bertz CT molecular complexity index is 1260. The molecule has 0 aliphatic carbocycles. The van der Waals surface area contributed by atoms with Gasteiger partial charge in [-0.15, -0.1) is 21.5 Å². The molecule has 174 valence electrons. The zero-order valence-electron chi connectivity index (χ0n) is 18.9. The van der Waals surface area contributed by atoms with Crippen LogP contribution in [0.2, 0.25) is 0 Å². The van der Waals surface area contributed by atoms with E-state index in [2.05, 4.69) is 26.9 Å². The van der Waals surface area contributed by atoms with Crippen molar-refractivity contribution in [3.63, 3.8) is 0 Å². The van der Waals surface area contributed by atoms with E-state index in [-0.39, 0.29) is 23.6 Å². The number of benzene rings is 2. The quantitative estimate of drug-likeness (QED) is 0.332. The van der Waals surface area contributed by atoms with Crippen molar-refractivity contribution in [3.05, 3.63) is 93.9 Å². The monoisotopic (exact) mass is 491 g/mol. The molecule has 0 fully saturated rings. The number of hydrogen-bond donors (Lipinski definition) is 2. The summed E-state index contributed by atoms with van der Waals surface area (Å²) in [6, 6.07) is 20.7. The predicted molar refractivity (Wildman–Crippen MR) is 136 cm³/mol. The van der Waals surface area contributed by atoms with E-state index in [1.54, 1.807) is 35.6 Å². The summed E-state index contributed by atoms with van der Waals surface area (Å²) >= 11 is 2.99. The highest BCUT2D eigenvalue weighted by Crippen LogP contribution is 2.21. The molecule has 2 amide bonds. The number of anilines is 1. The molecule has 0 aliphatic heterocycles. The topological polar surface area (TPSA) is 88.9 Å². The SMILES string of the molecule is C[C@@H](NC(=O)c1ccccc1NC(=O)CSc1nnc(Cc2cccs2)n1C)c1ccccc1. The second-order valence-corrected chi connectivity index (χ2v) is 9.68. The summed E-state index contributed by atoms with van der Waals surface area (Å²) in [5.74, 6) is 0.539. The smallest absolute Gasteiger partial charge is 0.253 e. The number of rotatable bonds is 9. The van der Waals surface area contributed by atoms with Crippen LogP contribution in [0.3, 0.4) is 0 Å². The van der Waals surface area contributed by atoms with Crippen LogP contribution in [-0.4, -0.2) is 32.3 Å². The van der Waals surface area contributed by atoms with Crippen LogP contribution in [0.1, 0.15) is 39.6 Å². The Balaban J connectivity index is 1.36. The molecule has 0 spiro atoms. The van der Waals surface area contributed by atoms with Crippen molar-refractivity contribution in [2.75, 3.05) is 11.1 Å². The van der Waals surface area contributed by atoms with Crippen molar-refractivity contribution in [2.45, 2.75) is 24.5 Å². The van der Waals surface area contributed by atoms with Gasteiger partial charge in [-0.2, -0.15) is 0 Å². The molecule has 2 aromatic carbocycles. The molecule has 4 rings (SSSR count). The lowest BCUT2D eigenvalue weighted by molar-refractivity contribution is -0.113. The van der Waals surface area contributed by atoms with Gasteiger partial charge in [0.2, 0.25) is 5.91 Å². The van der Waals surface area contributed by atoms with E-state index in [9.17, 15) is 9.59 Å². The van der Waals surface area contributed by atoms with Crippen LogP contribution in [0.15, 0.2) is 77.3 Å². The Morgan fingerprint density at radius 2 is 1.79 bits per heavy atom. The number of para-hydroxylation sites is 1. The van der Waals surface area contributed by atoms with Gasteiger partial charge in [0.15, 0.2) is 5.16 Å². The number of thioether (sulfide) groups is 1. The average Bonchev–Trinajstić information content (AvgIpc) is 3.49. The van der Waals surface area contributed by atoms with Crippen molar-refractivity contribution < 1.29 is 9.59 Å². The third-order valence-corrected chi connectivity index (χ3v) is 7.16. The van der Waals surface area contributed by atoms with Gasteiger partial charge >= 0.3 is 0 Å². The minimum atomic E-state index is -0.244. The summed E-state index contributed by atoms with van der Waals surface area (Å²) in [7, 11) is 1.90. The fraction of sp³-hybridized carbons (Fsp3) is 0.200. The highest BCUT2D eigenvalue weighted by Gasteiger charge is 2.17. The lowest BCUT2D eigenvalue weighted by atomic mass is 10.1. The molecule has 9 heteroatoms. The fourth-order valence-electron chi connectivity index (χ4n) is 3.40. The fourth-order valence-corrected chi connectivity index (χ4v) is 4.83. The van der Waals surface area contributed by atoms with Gasteiger partial charge in [0.25, 0.3) is 5.91 Å². The normalized spacial score (nSPS) is 11.7. The van der Waals surface area contributed by atoms with E-state index in [0.717, 1.165) is 11.4 Å². The molecule has 0 saturated carbocycles. The summed E-state index contributed by atoms with van der Waals surface area (Å²) in [6.07, 6.45) is 0.706. The highest BCUT2D eigenvalue weighted by molar-refractivity contribution is 7.99. The Morgan fingerprint density at radius 3 is 2.56 bits per heavy atom. The van der Waals surface area contributed by atoms with Gasteiger partial charge < -0.3 is 15.2 Å². The second kappa shape index (κ2) is 11.1. The van der Waals surface area contributed by atoms with E-state index in [1.807, 2.05) is 60.3 Å². The van der Waals surface area contributed by atoms with Gasteiger partial charge in [0.1, 0.15) is 5.82 Å². The number of nitrogens with one attached hydrogen (secondary N) is 2. The number of hydrogen-bond acceptors (Lipinski definition) is 6. The van der Waals surface area contributed by atoms with Crippen LogP contribution in [0.4, 0.5) is 5.69 Å². The van der Waals surface area contributed by atoms with Crippen LogP contribution in [-0.2, 0) is 18.3 Å². The van der Waals surface area contributed by atoms with Crippen molar-refractivity contribution in [1.29, 1.82) is 0 Å². The van der Waals surface area contributed by atoms with Gasteiger partial charge in [0, 0.05) is 18.3 Å². The van der Waals surface area contributed by atoms with E-state index >= 15 is 0 Å². The number of nitrogens with zero attached hydrogens (tertiary/aromatic N) is 3. The molecule has 0 radical (unpaired) electrons. The van der Waals surface area contributed by atoms with E-state index in [0.29, 0.717) is 22.8 Å². The molecule has 1 atom stereocenters. The van der Waals surface area contributed by atoms with Crippen molar-refractivity contribution in [2.24, 2.45) is 7.05 Å². The summed E-state index contributed by atoms with van der Waals surface area (Å²) in [5.41, 5.74) is 1.90. The third kappa shape index (κ3) is 5.92. The van der Waals surface area contributed by atoms with Gasteiger partial charge in [-0.1, -0.05) is 60.3 Å². The number of carbonyl (C=O) groups excluding carboxylic acids is 2.